The number of hydrogen-bond acceptors (Lipinski definition) is 7. The quantitative estimate of drug-likeness (QED) is 0.499. The van der Waals surface area contributed by atoms with Crippen LogP contribution in [0.3, 0.4) is 0 Å². The number of rotatable bonds is 5. The Morgan fingerprint density at radius 1 is 1.00 bits per heavy atom. The van der Waals surface area contributed by atoms with Crippen molar-refractivity contribution in [3.63, 3.8) is 0 Å². The van der Waals surface area contributed by atoms with Crippen LogP contribution in [0.2, 0.25) is 0 Å². The van der Waals surface area contributed by atoms with Gasteiger partial charge in [-0.05, 0) is 38.0 Å². The molecule has 0 N–H and O–H groups in total. The second-order valence-corrected chi connectivity index (χ2v) is 8.80. The Labute approximate surface area is 181 Å². The second kappa shape index (κ2) is 6.80. The SMILES string of the molecule is Cn1cc(N2CCN(c3cc(C4=Nc5ccc(OC6(C)CC6)cc54)ncn3)CC2)cn1. The van der Waals surface area contributed by atoms with Crippen molar-refractivity contribution in [1.82, 2.24) is 19.7 Å². The highest BCUT2D eigenvalue weighted by Gasteiger charge is 2.40. The molecule has 0 amide bonds. The maximum absolute atomic E-state index is 6.13. The molecule has 2 aromatic heterocycles. The number of nitrogens with zero attached hydrogens (tertiary/aromatic N) is 7. The molecule has 4 heterocycles. The van der Waals surface area contributed by atoms with E-state index in [1.54, 1.807) is 6.33 Å². The number of benzene rings is 1. The molecule has 6 rings (SSSR count). The molecule has 3 aliphatic rings. The van der Waals surface area contributed by atoms with Gasteiger partial charge in [-0.1, -0.05) is 0 Å². The largest absolute Gasteiger partial charge is 0.488 e. The van der Waals surface area contributed by atoms with Crippen molar-refractivity contribution in [3.8, 4) is 5.75 Å². The van der Waals surface area contributed by atoms with Crippen LogP contribution in [-0.2, 0) is 7.05 Å². The molecule has 1 aliphatic carbocycles. The van der Waals surface area contributed by atoms with Crippen LogP contribution in [-0.4, -0.2) is 57.2 Å². The molecule has 31 heavy (non-hydrogen) atoms. The van der Waals surface area contributed by atoms with Gasteiger partial charge in [0.15, 0.2) is 0 Å². The van der Waals surface area contributed by atoms with E-state index in [2.05, 4.69) is 55.1 Å². The Morgan fingerprint density at radius 2 is 1.81 bits per heavy atom. The average molecular weight is 416 g/mol. The van der Waals surface area contributed by atoms with Crippen molar-refractivity contribution >= 4 is 22.9 Å². The number of aromatic nitrogens is 4. The zero-order valence-corrected chi connectivity index (χ0v) is 17.8. The maximum atomic E-state index is 6.13. The number of anilines is 2. The summed E-state index contributed by atoms with van der Waals surface area (Å²) in [5.74, 6) is 1.86. The molecular weight excluding hydrogens is 390 g/mol. The molecule has 0 unspecified atom stereocenters. The van der Waals surface area contributed by atoms with Gasteiger partial charge in [0.1, 0.15) is 23.5 Å². The molecular formula is C23H25N7O. The Morgan fingerprint density at radius 3 is 2.55 bits per heavy atom. The number of aliphatic imine (C=N–C) groups is 1. The molecule has 0 radical (unpaired) electrons. The monoisotopic (exact) mass is 415 g/mol. The van der Waals surface area contributed by atoms with Gasteiger partial charge in [0.05, 0.1) is 29.0 Å². The minimum absolute atomic E-state index is 0.00926. The van der Waals surface area contributed by atoms with Gasteiger partial charge in [0.25, 0.3) is 0 Å². The van der Waals surface area contributed by atoms with Gasteiger partial charge in [-0.3, -0.25) is 4.68 Å². The predicted octanol–water partition coefficient (Wildman–Crippen LogP) is 2.95. The van der Waals surface area contributed by atoms with Crippen LogP contribution in [0, 0.1) is 0 Å². The zero-order chi connectivity index (χ0) is 21.0. The van der Waals surface area contributed by atoms with Crippen LogP contribution < -0.4 is 14.5 Å². The van der Waals surface area contributed by atoms with Gasteiger partial charge >= 0.3 is 0 Å². The highest BCUT2D eigenvalue weighted by Crippen LogP contribution is 2.42. The molecule has 0 atom stereocenters. The highest BCUT2D eigenvalue weighted by molar-refractivity contribution is 6.21. The number of fused-ring (bicyclic) bond motifs is 1. The van der Waals surface area contributed by atoms with Gasteiger partial charge in [0, 0.05) is 51.1 Å². The van der Waals surface area contributed by atoms with Crippen molar-refractivity contribution in [2.24, 2.45) is 12.0 Å². The number of piperazine rings is 1. The fraction of sp³-hybridized carbons (Fsp3) is 0.391. The normalized spacial score (nSPS) is 18.8. The summed E-state index contributed by atoms with van der Waals surface area (Å²) in [7, 11) is 1.95. The molecule has 2 fully saturated rings. The van der Waals surface area contributed by atoms with E-state index >= 15 is 0 Å². The molecule has 158 valence electrons. The summed E-state index contributed by atoms with van der Waals surface area (Å²) in [6, 6.07) is 8.18. The van der Waals surface area contributed by atoms with Crippen LogP contribution in [0.4, 0.5) is 17.2 Å². The van der Waals surface area contributed by atoms with E-state index in [4.69, 9.17) is 4.74 Å². The van der Waals surface area contributed by atoms with Gasteiger partial charge in [-0.25, -0.2) is 15.0 Å². The third-order valence-electron chi connectivity index (χ3n) is 6.33. The zero-order valence-electron chi connectivity index (χ0n) is 17.8. The van der Waals surface area contributed by atoms with E-state index in [0.717, 1.165) is 73.2 Å². The van der Waals surface area contributed by atoms with Crippen LogP contribution in [0.1, 0.15) is 31.0 Å². The summed E-state index contributed by atoms with van der Waals surface area (Å²) < 4.78 is 7.97. The lowest BCUT2D eigenvalue weighted by atomic mass is 9.98. The van der Waals surface area contributed by atoms with Gasteiger partial charge in [-0.2, -0.15) is 5.10 Å². The van der Waals surface area contributed by atoms with Gasteiger partial charge < -0.3 is 14.5 Å². The molecule has 3 aromatic rings. The first-order valence-electron chi connectivity index (χ1n) is 10.8. The van der Waals surface area contributed by atoms with E-state index in [-0.39, 0.29) is 5.60 Å². The van der Waals surface area contributed by atoms with E-state index in [1.165, 1.54) is 5.69 Å². The van der Waals surface area contributed by atoms with Crippen molar-refractivity contribution in [3.05, 3.63) is 54.2 Å². The summed E-state index contributed by atoms with van der Waals surface area (Å²) in [5, 5.41) is 4.28. The van der Waals surface area contributed by atoms with E-state index in [0.29, 0.717) is 0 Å². The molecule has 1 saturated carbocycles. The first-order chi connectivity index (χ1) is 15.1. The first-order valence-corrected chi connectivity index (χ1v) is 10.8. The fourth-order valence-electron chi connectivity index (χ4n) is 4.17. The molecule has 1 saturated heterocycles. The third-order valence-corrected chi connectivity index (χ3v) is 6.33. The first kappa shape index (κ1) is 18.4. The van der Waals surface area contributed by atoms with Crippen molar-refractivity contribution < 1.29 is 4.74 Å². The minimum atomic E-state index is 0.00926. The second-order valence-electron chi connectivity index (χ2n) is 8.80. The van der Waals surface area contributed by atoms with Gasteiger partial charge in [0.2, 0.25) is 0 Å². The van der Waals surface area contributed by atoms with Crippen molar-refractivity contribution in [1.29, 1.82) is 0 Å². The average Bonchev–Trinajstić information content (AvgIpc) is 3.33. The van der Waals surface area contributed by atoms with E-state index < -0.39 is 0 Å². The Hall–Kier alpha value is -3.42. The summed E-state index contributed by atoms with van der Waals surface area (Å²) in [5.41, 5.74) is 5.06. The Balaban J connectivity index is 1.17. The lowest BCUT2D eigenvalue weighted by Gasteiger charge is -2.36. The van der Waals surface area contributed by atoms with Crippen LogP contribution in [0.5, 0.6) is 5.75 Å². The lowest BCUT2D eigenvalue weighted by Crippen LogP contribution is -2.46. The molecule has 0 spiro atoms. The molecule has 0 bridgehead atoms. The number of hydrogen-bond donors (Lipinski definition) is 0. The van der Waals surface area contributed by atoms with E-state index in [9.17, 15) is 0 Å². The van der Waals surface area contributed by atoms with E-state index in [1.807, 2.05) is 30.1 Å². The Kier molecular flexibility index (Phi) is 4.03. The standard InChI is InChI=1S/C23H25N7O/c1-23(5-6-23)31-17-3-4-19-18(11-17)22(27-19)20-12-21(25-15-24-20)30-9-7-29(8-10-30)16-13-26-28(2)14-16/h3-4,11-15H,5-10H2,1-2H3. The van der Waals surface area contributed by atoms with Crippen LogP contribution >= 0.6 is 0 Å². The van der Waals surface area contributed by atoms with Crippen molar-refractivity contribution in [2.75, 3.05) is 36.0 Å². The molecule has 8 nitrogen and oxygen atoms in total. The molecule has 2 aliphatic heterocycles. The van der Waals surface area contributed by atoms with Crippen molar-refractivity contribution in [2.45, 2.75) is 25.4 Å². The third kappa shape index (κ3) is 3.41. The summed E-state index contributed by atoms with van der Waals surface area (Å²) in [4.78, 5) is 18.4. The summed E-state index contributed by atoms with van der Waals surface area (Å²) in [6.45, 7) is 5.85. The fourth-order valence-corrected chi connectivity index (χ4v) is 4.17. The molecule has 1 aromatic carbocycles. The van der Waals surface area contributed by atoms with Crippen LogP contribution in [0.25, 0.3) is 0 Å². The summed E-state index contributed by atoms with van der Waals surface area (Å²) in [6.07, 6.45) is 7.87. The Bertz CT molecular complexity index is 1170. The minimum Gasteiger partial charge on any atom is -0.488 e. The topological polar surface area (TPSA) is 71.7 Å². The summed E-state index contributed by atoms with van der Waals surface area (Å²) >= 11 is 0. The van der Waals surface area contributed by atoms with Crippen LogP contribution in [0.15, 0.2) is 48.0 Å². The van der Waals surface area contributed by atoms with Gasteiger partial charge in [-0.15, -0.1) is 0 Å². The number of ether oxygens (including phenoxy) is 1. The molecule has 8 heteroatoms. The predicted molar refractivity (Wildman–Crippen MR) is 120 cm³/mol. The maximum Gasteiger partial charge on any atom is 0.132 e. The highest BCUT2D eigenvalue weighted by atomic mass is 16.5. The number of aryl methyl sites for hydroxylation is 1. The lowest BCUT2D eigenvalue weighted by molar-refractivity contribution is 0.200. The smallest absolute Gasteiger partial charge is 0.132 e.